The molecule has 0 bridgehead atoms. The Morgan fingerprint density at radius 2 is 2.00 bits per heavy atom. The van der Waals surface area contributed by atoms with Gasteiger partial charge in [0.2, 0.25) is 5.91 Å². The van der Waals surface area contributed by atoms with E-state index in [1.165, 1.54) is 0 Å². The van der Waals surface area contributed by atoms with E-state index in [2.05, 4.69) is 16.0 Å². The molecule has 1 aromatic carbocycles. The van der Waals surface area contributed by atoms with Crippen LogP contribution >= 0.6 is 12.2 Å². The van der Waals surface area contributed by atoms with E-state index in [-0.39, 0.29) is 6.54 Å². The van der Waals surface area contributed by atoms with Crippen LogP contribution in [0.1, 0.15) is 5.56 Å². The number of carbonyl (C=O) groups is 2. The van der Waals surface area contributed by atoms with Crippen LogP contribution in [0.3, 0.4) is 0 Å². The average Bonchev–Trinajstić information content (AvgIpc) is 2.34. The van der Waals surface area contributed by atoms with Gasteiger partial charge in [-0.05, 0) is 36.8 Å². The van der Waals surface area contributed by atoms with Crippen molar-refractivity contribution in [3.63, 3.8) is 0 Å². The van der Waals surface area contributed by atoms with Crippen molar-refractivity contribution in [2.75, 3.05) is 18.4 Å². The topological polar surface area (TPSA) is 90.5 Å². The number of carboxylic acids is 1. The number of aryl methyl sites for hydroxylation is 1. The summed E-state index contributed by atoms with van der Waals surface area (Å²) in [6.45, 7) is 1.48. The number of carboxylic acid groups (broad SMARTS) is 1. The van der Waals surface area contributed by atoms with Crippen molar-refractivity contribution >= 4 is 34.9 Å². The Morgan fingerprint density at radius 3 is 2.63 bits per heavy atom. The fourth-order valence-electron chi connectivity index (χ4n) is 1.30. The van der Waals surface area contributed by atoms with Gasteiger partial charge in [0.1, 0.15) is 6.54 Å². The predicted molar refractivity (Wildman–Crippen MR) is 76.0 cm³/mol. The minimum absolute atomic E-state index is 0.0784. The summed E-state index contributed by atoms with van der Waals surface area (Å²) in [6, 6.07) is 7.62. The molecule has 1 aromatic rings. The highest BCUT2D eigenvalue weighted by Gasteiger charge is 2.04. The van der Waals surface area contributed by atoms with E-state index >= 15 is 0 Å². The summed E-state index contributed by atoms with van der Waals surface area (Å²) in [6.07, 6.45) is 0. The zero-order valence-electron chi connectivity index (χ0n) is 10.4. The lowest BCUT2D eigenvalue weighted by Crippen LogP contribution is -2.40. The molecule has 0 aliphatic rings. The van der Waals surface area contributed by atoms with Crippen LogP contribution < -0.4 is 16.0 Å². The molecule has 0 radical (unpaired) electrons. The van der Waals surface area contributed by atoms with Crippen molar-refractivity contribution in [3.05, 3.63) is 29.8 Å². The second-order valence-corrected chi connectivity index (χ2v) is 4.26. The van der Waals surface area contributed by atoms with Crippen molar-refractivity contribution in [2.24, 2.45) is 0 Å². The normalized spacial score (nSPS) is 9.53. The standard InChI is InChI=1S/C12H15N3O3S/c1-8-3-2-4-9(5-8)15-12(19)14-6-10(16)13-7-11(17)18/h2-5H,6-7H2,1H3,(H,13,16)(H,17,18)(H2,14,15,19). The van der Waals surface area contributed by atoms with Crippen molar-refractivity contribution in [3.8, 4) is 0 Å². The molecule has 0 spiro atoms. The van der Waals surface area contributed by atoms with Gasteiger partial charge in [-0.3, -0.25) is 9.59 Å². The number of hydrogen-bond donors (Lipinski definition) is 4. The summed E-state index contributed by atoms with van der Waals surface area (Å²) < 4.78 is 0. The average molecular weight is 281 g/mol. The maximum atomic E-state index is 11.2. The highest BCUT2D eigenvalue weighted by molar-refractivity contribution is 7.80. The van der Waals surface area contributed by atoms with Crippen molar-refractivity contribution in [1.82, 2.24) is 10.6 Å². The van der Waals surface area contributed by atoms with E-state index in [4.69, 9.17) is 17.3 Å². The lowest BCUT2D eigenvalue weighted by Gasteiger charge is -2.10. The molecule has 0 heterocycles. The third-order valence-corrected chi connectivity index (χ3v) is 2.37. The summed E-state index contributed by atoms with van der Waals surface area (Å²) in [5, 5.41) is 16.5. The molecule has 7 heteroatoms. The summed E-state index contributed by atoms with van der Waals surface area (Å²) >= 11 is 5.01. The lowest BCUT2D eigenvalue weighted by molar-refractivity contribution is -0.137. The molecule has 0 saturated carbocycles. The SMILES string of the molecule is Cc1cccc(NC(=S)NCC(=O)NCC(=O)O)c1. The van der Waals surface area contributed by atoms with Gasteiger partial charge in [-0.2, -0.15) is 0 Å². The van der Waals surface area contributed by atoms with Gasteiger partial charge in [0, 0.05) is 5.69 Å². The molecule has 6 nitrogen and oxygen atoms in total. The molecule has 0 aromatic heterocycles. The van der Waals surface area contributed by atoms with Crippen LogP contribution in [-0.2, 0) is 9.59 Å². The maximum Gasteiger partial charge on any atom is 0.322 e. The van der Waals surface area contributed by atoms with Gasteiger partial charge in [0.25, 0.3) is 0 Å². The Balaban J connectivity index is 2.32. The van der Waals surface area contributed by atoms with Gasteiger partial charge in [-0.1, -0.05) is 12.1 Å². The molecule has 0 aliphatic heterocycles. The molecule has 0 saturated heterocycles. The number of anilines is 1. The largest absolute Gasteiger partial charge is 0.480 e. The monoisotopic (exact) mass is 281 g/mol. The summed E-state index contributed by atoms with van der Waals surface area (Å²) in [7, 11) is 0. The van der Waals surface area contributed by atoms with E-state index < -0.39 is 18.4 Å². The van der Waals surface area contributed by atoms with E-state index in [9.17, 15) is 9.59 Å². The molecule has 1 rings (SSSR count). The second-order valence-electron chi connectivity index (χ2n) is 3.85. The Bertz CT molecular complexity index is 491. The molecule has 1 amide bonds. The van der Waals surface area contributed by atoms with Crippen LogP contribution in [0.2, 0.25) is 0 Å². The van der Waals surface area contributed by atoms with Crippen LogP contribution in [0, 0.1) is 6.92 Å². The van der Waals surface area contributed by atoms with Crippen molar-refractivity contribution in [2.45, 2.75) is 6.92 Å². The Morgan fingerprint density at radius 1 is 1.26 bits per heavy atom. The van der Waals surface area contributed by atoms with Crippen LogP contribution in [0.4, 0.5) is 5.69 Å². The van der Waals surface area contributed by atoms with Crippen molar-refractivity contribution < 1.29 is 14.7 Å². The lowest BCUT2D eigenvalue weighted by atomic mass is 10.2. The van der Waals surface area contributed by atoms with Crippen LogP contribution in [-0.4, -0.2) is 35.2 Å². The molecule has 0 fully saturated rings. The van der Waals surface area contributed by atoms with E-state index in [1.807, 2.05) is 31.2 Å². The Labute approximate surface area is 116 Å². The van der Waals surface area contributed by atoms with E-state index in [1.54, 1.807) is 0 Å². The number of amides is 1. The van der Waals surface area contributed by atoms with Gasteiger partial charge in [0.05, 0.1) is 6.54 Å². The van der Waals surface area contributed by atoms with Crippen LogP contribution in [0.5, 0.6) is 0 Å². The molecule has 0 unspecified atom stereocenters. The zero-order valence-corrected chi connectivity index (χ0v) is 11.2. The van der Waals surface area contributed by atoms with Crippen molar-refractivity contribution in [1.29, 1.82) is 0 Å². The number of hydrogen-bond acceptors (Lipinski definition) is 3. The Hall–Kier alpha value is -2.15. The zero-order chi connectivity index (χ0) is 14.3. The first-order valence-corrected chi connectivity index (χ1v) is 5.98. The van der Waals surface area contributed by atoms with Gasteiger partial charge >= 0.3 is 5.97 Å². The molecular weight excluding hydrogens is 266 g/mol. The molecule has 4 N–H and O–H groups in total. The summed E-state index contributed by atoms with van der Waals surface area (Å²) in [5.41, 5.74) is 1.91. The highest BCUT2D eigenvalue weighted by atomic mass is 32.1. The minimum Gasteiger partial charge on any atom is -0.480 e. The first-order chi connectivity index (χ1) is 8.97. The first-order valence-electron chi connectivity index (χ1n) is 5.57. The number of nitrogens with one attached hydrogen (secondary N) is 3. The second kappa shape index (κ2) is 7.32. The quantitative estimate of drug-likeness (QED) is 0.587. The molecule has 0 atom stereocenters. The summed E-state index contributed by atoms with van der Waals surface area (Å²) in [5.74, 6) is -1.52. The third kappa shape index (κ3) is 6.37. The molecular formula is C12H15N3O3S. The molecule has 19 heavy (non-hydrogen) atoms. The van der Waals surface area contributed by atoms with Gasteiger partial charge in [0.15, 0.2) is 5.11 Å². The third-order valence-electron chi connectivity index (χ3n) is 2.12. The number of rotatable bonds is 5. The Kier molecular flexibility index (Phi) is 5.74. The van der Waals surface area contributed by atoms with Crippen LogP contribution in [0.15, 0.2) is 24.3 Å². The van der Waals surface area contributed by atoms with E-state index in [0.717, 1.165) is 11.3 Å². The fraction of sp³-hybridized carbons (Fsp3) is 0.250. The summed E-state index contributed by atoms with van der Waals surface area (Å²) in [4.78, 5) is 21.5. The minimum atomic E-state index is -1.09. The number of carbonyl (C=O) groups excluding carboxylic acids is 1. The van der Waals surface area contributed by atoms with Gasteiger partial charge in [-0.15, -0.1) is 0 Å². The van der Waals surface area contributed by atoms with E-state index in [0.29, 0.717) is 5.11 Å². The maximum absolute atomic E-state index is 11.2. The predicted octanol–water partition coefficient (Wildman–Crippen LogP) is 0.482. The van der Waals surface area contributed by atoms with Gasteiger partial charge in [-0.25, -0.2) is 0 Å². The number of aliphatic carboxylic acids is 1. The van der Waals surface area contributed by atoms with Gasteiger partial charge < -0.3 is 21.1 Å². The number of thiocarbonyl (C=S) groups is 1. The fourth-order valence-corrected chi connectivity index (χ4v) is 1.49. The first kappa shape index (κ1) is 14.9. The van der Waals surface area contributed by atoms with Crippen LogP contribution in [0.25, 0.3) is 0 Å². The smallest absolute Gasteiger partial charge is 0.322 e. The number of benzene rings is 1. The molecule has 0 aliphatic carbocycles. The highest BCUT2D eigenvalue weighted by Crippen LogP contribution is 2.08. The molecule has 102 valence electrons.